The zero-order chi connectivity index (χ0) is 26.9. The van der Waals surface area contributed by atoms with Crippen LogP contribution in [0.2, 0.25) is 0 Å². The van der Waals surface area contributed by atoms with Crippen molar-refractivity contribution in [1.82, 2.24) is 18.8 Å². The molecule has 2 bridgehead atoms. The molecule has 2 aromatic carbocycles. The molecule has 202 valence electrons. The van der Waals surface area contributed by atoms with Crippen molar-refractivity contribution in [3.63, 3.8) is 0 Å². The summed E-state index contributed by atoms with van der Waals surface area (Å²) in [7, 11) is -4.22. The van der Waals surface area contributed by atoms with E-state index >= 15 is 0 Å². The molecule has 1 aliphatic heterocycles. The number of benzene rings is 2. The van der Waals surface area contributed by atoms with Crippen LogP contribution in [0, 0.1) is 17.7 Å². The van der Waals surface area contributed by atoms with Gasteiger partial charge in [0.05, 0.1) is 16.9 Å². The van der Waals surface area contributed by atoms with Crippen molar-refractivity contribution in [3.8, 4) is 22.5 Å². The molecule has 3 atom stereocenters. The largest absolute Gasteiger partial charge is 0.402 e. The van der Waals surface area contributed by atoms with Gasteiger partial charge in [-0.05, 0) is 92.0 Å². The summed E-state index contributed by atoms with van der Waals surface area (Å²) in [6.07, 6.45) is -1.87. The van der Waals surface area contributed by atoms with Gasteiger partial charge in [0.1, 0.15) is 12.4 Å². The Morgan fingerprint density at radius 3 is 2.32 bits per heavy atom. The highest BCUT2D eigenvalue weighted by Crippen LogP contribution is 2.51. The second kappa shape index (κ2) is 8.89. The van der Waals surface area contributed by atoms with Crippen molar-refractivity contribution in [2.75, 3.05) is 13.1 Å². The number of fused-ring (bicyclic) bond motifs is 1. The van der Waals surface area contributed by atoms with Crippen LogP contribution in [0.5, 0.6) is 0 Å². The van der Waals surface area contributed by atoms with Gasteiger partial charge in [-0.3, -0.25) is 4.68 Å². The predicted octanol–water partition coefficient (Wildman–Crippen LogP) is 4.95. The van der Waals surface area contributed by atoms with Crippen molar-refractivity contribution < 1.29 is 26.0 Å². The van der Waals surface area contributed by atoms with Crippen molar-refractivity contribution in [2.24, 2.45) is 11.8 Å². The highest BCUT2D eigenvalue weighted by atomic mass is 32.2. The van der Waals surface area contributed by atoms with Gasteiger partial charge < -0.3 is 0 Å². The van der Waals surface area contributed by atoms with Gasteiger partial charge >= 0.3 is 6.18 Å². The molecule has 2 aliphatic carbocycles. The van der Waals surface area contributed by atoms with Crippen molar-refractivity contribution in [1.29, 1.82) is 0 Å². The van der Waals surface area contributed by atoms with Crippen LogP contribution in [0.1, 0.15) is 30.9 Å². The SMILES string of the molecule is CCn1nc(-c2ccc3c(c2)CC2CCC(C3)C23CN(CC(F)(F)F)S(=O)(=O)N3)cc1-c1ccc(F)cc1. The van der Waals surface area contributed by atoms with Gasteiger partial charge in [-0.1, -0.05) is 12.1 Å². The fourth-order valence-corrected chi connectivity index (χ4v) is 8.36. The van der Waals surface area contributed by atoms with E-state index in [4.69, 9.17) is 5.10 Å². The summed E-state index contributed by atoms with van der Waals surface area (Å²) in [5.41, 5.74) is 4.70. The van der Waals surface area contributed by atoms with Crippen LogP contribution in [-0.4, -0.2) is 47.3 Å². The van der Waals surface area contributed by atoms with Crippen molar-refractivity contribution >= 4 is 10.2 Å². The molecule has 3 unspecified atom stereocenters. The quantitative estimate of drug-likeness (QED) is 0.469. The van der Waals surface area contributed by atoms with Gasteiger partial charge in [0.25, 0.3) is 10.2 Å². The molecule has 1 saturated carbocycles. The summed E-state index contributed by atoms with van der Waals surface area (Å²) in [6, 6.07) is 14.4. The van der Waals surface area contributed by atoms with Crippen LogP contribution in [0.3, 0.4) is 0 Å². The standard InChI is InChI=1S/C27H28F4N4O2S/c1-2-35-25(17-5-9-23(28)10-6-17)14-24(32-35)19-4-3-18-12-21-7-8-22(13-20(18)11-19)26(21)15-34(16-27(29,30)31)38(36,37)33-26/h3-6,9-11,14,21-22,33H,2,7-8,12-13,15-16H2,1H3. The summed E-state index contributed by atoms with van der Waals surface area (Å²) >= 11 is 0. The topological polar surface area (TPSA) is 67.2 Å². The Balaban J connectivity index is 1.32. The first-order valence-electron chi connectivity index (χ1n) is 12.8. The van der Waals surface area contributed by atoms with Gasteiger partial charge in [-0.15, -0.1) is 0 Å². The molecule has 38 heavy (non-hydrogen) atoms. The molecule has 1 aromatic heterocycles. The van der Waals surface area contributed by atoms with E-state index in [1.165, 1.54) is 12.1 Å². The van der Waals surface area contributed by atoms with E-state index in [0.29, 0.717) is 23.7 Å². The van der Waals surface area contributed by atoms with Crippen LogP contribution in [0.4, 0.5) is 17.6 Å². The van der Waals surface area contributed by atoms with E-state index in [0.717, 1.165) is 46.5 Å². The number of hydrogen-bond donors (Lipinski definition) is 1. The molecule has 0 radical (unpaired) electrons. The summed E-state index contributed by atoms with van der Waals surface area (Å²) in [6.45, 7) is 0.990. The molecular weight excluding hydrogens is 520 g/mol. The van der Waals surface area contributed by atoms with Gasteiger partial charge in [0.15, 0.2) is 0 Å². The highest BCUT2D eigenvalue weighted by Gasteiger charge is 2.60. The number of nitrogens with one attached hydrogen (secondary N) is 1. The van der Waals surface area contributed by atoms with Crippen LogP contribution in [0.15, 0.2) is 48.5 Å². The lowest BCUT2D eigenvalue weighted by Crippen LogP contribution is -2.52. The average Bonchev–Trinajstić information content (AvgIpc) is 3.45. The normalized spacial score (nSPS) is 26.6. The Morgan fingerprint density at radius 1 is 1.00 bits per heavy atom. The lowest BCUT2D eigenvalue weighted by molar-refractivity contribution is -0.136. The van der Waals surface area contributed by atoms with E-state index in [9.17, 15) is 26.0 Å². The molecule has 3 aromatic rings. The molecule has 2 heterocycles. The minimum absolute atomic E-state index is 0.0722. The van der Waals surface area contributed by atoms with Gasteiger partial charge in [0, 0.05) is 24.2 Å². The Morgan fingerprint density at radius 2 is 1.66 bits per heavy atom. The maximum Gasteiger partial charge on any atom is 0.402 e. The third-order valence-electron chi connectivity index (χ3n) is 8.43. The monoisotopic (exact) mass is 548 g/mol. The lowest BCUT2D eigenvalue weighted by atomic mass is 9.79. The van der Waals surface area contributed by atoms with E-state index in [2.05, 4.69) is 10.8 Å². The summed E-state index contributed by atoms with van der Waals surface area (Å²) < 4.78 is 83.5. The second-order valence-electron chi connectivity index (χ2n) is 10.6. The molecule has 6 nitrogen and oxygen atoms in total. The number of aromatic nitrogens is 2. The molecular formula is C27H28F4N4O2S. The zero-order valence-corrected chi connectivity index (χ0v) is 21.6. The third-order valence-corrected chi connectivity index (χ3v) is 10.0. The van der Waals surface area contributed by atoms with Gasteiger partial charge in [-0.25, -0.2) is 4.39 Å². The Bertz CT molecular complexity index is 1490. The number of alkyl halides is 3. The Kier molecular flexibility index (Phi) is 5.97. The van der Waals surface area contributed by atoms with E-state index in [1.54, 1.807) is 12.1 Å². The van der Waals surface area contributed by atoms with Crippen LogP contribution < -0.4 is 4.72 Å². The van der Waals surface area contributed by atoms with Crippen LogP contribution >= 0.6 is 0 Å². The molecule has 2 fully saturated rings. The van der Waals surface area contributed by atoms with Crippen LogP contribution in [-0.2, 0) is 29.6 Å². The van der Waals surface area contributed by atoms with E-state index in [1.807, 2.05) is 29.8 Å². The number of rotatable bonds is 4. The fraction of sp³-hybridized carbons (Fsp3) is 0.444. The van der Waals surface area contributed by atoms with Gasteiger partial charge in [-0.2, -0.15) is 35.7 Å². The molecule has 0 amide bonds. The molecule has 11 heteroatoms. The third kappa shape index (κ3) is 4.34. The lowest BCUT2D eigenvalue weighted by Gasteiger charge is -2.33. The summed E-state index contributed by atoms with van der Waals surface area (Å²) in [4.78, 5) is 0. The Hall–Kier alpha value is -2.76. The number of nitrogens with zero attached hydrogens (tertiary/aromatic N) is 3. The van der Waals surface area contributed by atoms with Gasteiger partial charge in [0.2, 0.25) is 0 Å². The number of halogens is 4. The maximum absolute atomic E-state index is 13.4. The Labute approximate surface area is 218 Å². The average molecular weight is 549 g/mol. The molecule has 3 aliphatic rings. The minimum atomic E-state index is -4.60. The van der Waals surface area contributed by atoms with Crippen molar-refractivity contribution in [3.05, 3.63) is 65.5 Å². The molecule has 6 rings (SSSR count). The molecule has 1 N–H and O–H groups in total. The first-order chi connectivity index (χ1) is 18.0. The maximum atomic E-state index is 13.4. The minimum Gasteiger partial charge on any atom is -0.265 e. The first kappa shape index (κ1) is 25.5. The van der Waals surface area contributed by atoms with Crippen LogP contribution in [0.25, 0.3) is 22.5 Å². The first-order valence-corrected chi connectivity index (χ1v) is 14.2. The second-order valence-corrected chi connectivity index (χ2v) is 12.3. The number of aryl methyl sites for hydroxylation is 1. The molecule has 1 saturated heterocycles. The van der Waals surface area contributed by atoms with E-state index < -0.39 is 28.5 Å². The summed E-state index contributed by atoms with van der Waals surface area (Å²) in [5.74, 6) is -0.475. The predicted molar refractivity (Wildman–Crippen MR) is 135 cm³/mol. The smallest absolute Gasteiger partial charge is 0.265 e. The molecule has 1 spiro atoms. The van der Waals surface area contributed by atoms with Crippen molar-refractivity contribution in [2.45, 2.75) is 50.9 Å². The highest BCUT2D eigenvalue weighted by molar-refractivity contribution is 7.87. The summed E-state index contributed by atoms with van der Waals surface area (Å²) in [5, 5.41) is 4.77. The van der Waals surface area contributed by atoms with E-state index in [-0.39, 0.29) is 24.2 Å². The fourth-order valence-electron chi connectivity index (χ4n) is 6.66. The number of hydrogen-bond acceptors (Lipinski definition) is 3. The zero-order valence-electron chi connectivity index (χ0n) is 20.8.